The monoisotopic (exact) mass is 272 g/mol. The van der Waals surface area contributed by atoms with Gasteiger partial charge in [0.1, 0.15) is 6.17 Å². The number of hydrogen-bond acceptors (Lipinski definition) is 1. The normalized spacial score (nSPS) is 40.7. The first kappa shape index (κ1) is 15.0. The molecular weight excluding hydrogens is 246 g/mol. The van der Waals surface area contributed by atoms with Crippen LogP contribution < -0.4 is 0 Å². The summed E-state index contributed by atoms with van der Waals surface area (Å²) < 4.78 is 32.6. The molecular formula is C16H26F2O. The van der Waals surface area contributed by atoms with Gasteiger partial charge in [-0.1, -0.05) is 12.2 Å². The molecule has 0 spiro atoms. The predicted molar refractivity (Wildman–Crippen MR) is 73.6 cm³/mol. The summed E-state index contributed by atoms with van der Waals surface area (Å²) in [6.45, 7) is 2.67. The van der Waals surface area contributed by atoms with Crippen molar-refractivity contribution in [1.82, 2.24) is 0 Å². The van der Waals surface area contributed by atoms with Crippen molar-refractivity contribution in [2.45, 2.75) is 70.3 Å². The molecule has 2 rings (SSSR count). The Morgan fingerprint density at radius 1 is 1.05 bits per heavy atom. The number of rotatable bonds is 4. The summed E-state index contributed by atoms with van der Waals surface area (Å²) in [6.07, 6.45) is 7.67. The Hall–Kier alpha value is -0.440. The fourth-order valence-electron chi connectivity index (χ4n) is 3.32. The van der Waals surface area contributed by atoms with E-state index in [-0.39, 0.29) is 0 Å². The predicted octanol–water partition coefficient (Wildman–Crippen LogP) is 4.61. The van der Waals surface area contributed by atoms with Gasteiger partial charge in [0, 0.05) is 6.61 Å². The lowest BCUT2D eigenvalue weighted by molar-refractivity contribution is -0.0690. The second kappa shape index (κ2) is 7.37. The van der Waals surface area contributed by atoms with Crippen molar-refractivity contribution in [1.29, 1.82) is 0 Å². The molecule has 2 aliphatic carbocycles. The molecule has 2 fully saturated rings. The number of alkyl halides is 2. The zero-order valence-electron chi connectivity index (χ0n) is 11.9. The Kier molecular flexibility index (Phi) is 5.80. The van der Waals surface area contributed by atoms with Crippen LogP contribution in [0.5, 0.6) is 0 Å². The summed E-state index contributed by atoms with van der Waals surface area (Å²) in [5.41, 5.74) is 0. The Morgan fingerprint density at radius 2 is 1.79 bits per heavy atom. The third-order valence-electron chi connectivity index (χ3n) is 4.57. The molecule has 0 aromatic rings. The van der Waals surface area contributed by atoms with Crippen LogP contribution in [0.2, 0.25) is 0 Å². The standard InChI is InChI=1S/C16H26F2O/c1-2-4-12-7-9-13(10-8-12)11-19-15-6-3-5-14(17)16(15)18/h2,4,12-16H,3,5-11H2,1H3/b4-2+. The topological polar surface area (TPSA) is 9.23 Å². The van der Waals surface area contributed by atoms with Crippen molar-refractivity contribution in [2.24, 2.45) is 11.8 Å². The van der Waals surface area contributed by atoms with Gasteiger partial charge in [0.15, 0.2) is 6.17 Å². The van der Waals surface area contributed by atoms with Gasteiger partial charge >= 0.3 is 0 Å². The minimum Gasteiger partial charge on any atom is -0.375 e. The van der Waals surface area contributed by atoms with Crippen LogP contribution in [-0.4, -0.2) is 25.1 Å². The first-order chi connectivity index (χ1) is 9.20. The quantitative estimate of drug-likeness (QED) is 0.679. The molecule has 3 atom stereocenters. The van der Waals surface area contributed by atoms with E-state index in [2.05, 4.69) is 19.1 Å². The van der Waals surface area contributed by atoms with Crippen LogP contribution in [0.1, 0.15) is 51.9 Å². The fourth-order valence-corrected chi connectivity index (χ4v) is 3.32. The number of hydrogen-bond donors (Lipinski definition) is 0. The first-order valence-corrected chi connectivity index (χ1v) is 7.73. The van der Waals surface area contributed by atoms with E-state index < -0.39 is 18.4 Å². The molecule has 0 bridgehead atoms. The van der Waals surface area contributed by atoms with E-state index in [1.165, 1.54) is 12.8 Å². The third-order valence-corrected chi connectivity index (χ3v) is 4.57. The highest BCUT2D eigenvalue weighted by Crippen LogP contribution is 2.32. The minimum atomic E-state index is -1.41. The molecule has 0 saturated heterocycles. The first-order valence-electron chi connectivity index (χ1n) is 7.73. The highest BCUT2D eigenvalue weighted by atomic mass is 19.2. The lowest BCUT2D eigenvalue weighted by atomic mass is 9.82. The zero-order chi connectivity index (χ0) is 13.7. The Balaban J connectivity index is 1.69. The van der Waals surface area contributed by atoms with Gasteiger partial charge in [-0.05, 0) is 63.7 Å². The fraction of sp³-hybridized carbons (Fsp3) is 0.875. The molecule has 0 N–H and O–H groups in total. The minimum absolute atomic E-state index is 0.357. The smallest absolute Gasteiger partial charge is 0.157 e. The maximum absolute atomic E-state index is 13.6. The Morgan fingerprint density at radius 3 is 2.47 bits per heavy atom. The summed E-state index contributed by atoms with van der Waals surface area (Å²) in [7, 11) is 0. The molecule has 0 aromatic heterocycles. The van der Waals surface area contributed by atoms with Gasteiger partial charge in [-0.25, -0.2) is 8.78 Å². The molecule has 1 nitrogen and oxygen atoms in total. The molecule has 0 heterocycles. The highest BCUT2D eigenvalue weighted by Gasteiger charge is 2.34. The lowest BCUT2D eigenvalue weighted by Crippen LogP contribution is -2.38. The number of allylic oxidation sites excluding steroid dienone is 2. The molecule has 0 amide bonds. The lowest BCUT2D eigenvalue weighted by Gasteiger charge is -2.32. The summed E-state index contributed by atoms with van der Waals surface area (Å²) in [5, 5.41) is 0. The SMILES string of the molecule is C/C=C/C1CCC(COC2CCCC(F)C2F)CC1. The van der Waals surface area contributed by atoms with Crippen LogP contribution in [-0.2, 0) is 4.74 Å². The van der Waals surface area contributed by atoms with Gasteiger partial charge in [0.2, 0.25) is 0 Å². The second-order valence-corrected chi connectivity index (χ2v) is 6.07. The van der Waals surface area contributed by atoms with E-state index in [0.29, 0.717) is 31.3 Å². The molecule has 3 heteroatoms. The van der Waals surface area contributed by atoms with Gasteiger partial charge in [0.25, 0.3) is 0 Å². The van der Waals surface area contributed by atoms with Crippen LogP contribution in [0.25, 0.3) is 0 Å². The summed E-state index contributed by atoms with van der Waals surface area (Å²) in [4.78, 5) is 0. The van der Waals surface area contributed by atoms with Crippen molar-refractivity contribution < 1.29 is 13.5 Å². The van der Waals surface area contributed by atoms with E-state index in [1.54, 1.807) is 0 Å². The van der Waals surface area contributed by atoms with Gasteiger partial charge in [0.05, 0.1) is 6.10 Å². The molecule has 2 aliphatic rings. The molecule has 0 radical (unpaired) electrons. The van der Waals surface area contributed by atoms with Crippen molar-refractivity contribution in [3.8, 4) is 0 Å². The zero-order valence-corrected chi connectivity index (χ0v) is 11.9. The van der Waals surface area contributed by atoms with E-state index in [9.17, 15) is 8.78 Å². The largest absolute Gasteiger partial charge is 0.375 e. The van der Waals surface area contributed by atoms with E-state index >= 15 is 0 Å². The van der Waals surface area contributed by atoms with E-state index in [1.807, 2.05) is 0 Å². The molecule has 0 aromatic carbocycles. The second-order valence-electron chi connectivity index (χ2n) is 6.07. The van der Waals surface area contributed by atoms with Crippen molar-refractivity contribution in [3.05, 3.63) is 12.2 Å². The van der Waals surface area contributed by atoms with Gasteiger partial charge in [-0.3, -0.25) is 0 Å². The summed E-state index contributed by atoms with van der Waals surface area (Å²) >= 11 is 0. The molecule has 110 valence electrons. The third kappa shape index (κ3) is 4.27. The number of halogens is 2. The maximum Gasteiger partial charge on any atom is 0.157 e. The van der Waals surface area contributed by atoms with E-state index in [4.69, 9.17) is 4.74 Å². The van der Waals surface area contributed by atoms with E-state index in [0.717, 1.165) is 19.3 Å². The summed E-state index contributed by atoms with van der Waals surface area (Å²) in [6, 6.07) is 0. The molecule has 2 saturated carbocycles. The van der Waals surface area contributed by atoms with Crippen molar-refractivity contribution in [2.75, 3.05) is 6.61 Å². The maximum atomic E-state index is 13.6. The van der Waals surface area contributed by atoms with Crippen molar-refractivity contribution in [3.63, 3.8) is 0 Å². The molecule has 3 unspecified atom stereocenters. The van der Waals surface area contributed by atoms with Gasteiger partial charge < -0.3 is 4.74 Å². The van der Waals surface area contributed by atoms with Crippen LogP contribution >= 0.6 is 0 Å². The van der Waals surface area contributed by atoms with Crippen molar-refractivity contribution >= 4 is 0 Å². The van der Waals surface area contributed by atoms with Crippen LogP contribution in [0.15, 0.2) is 12.2 Å². The van der Waals surface area contributed by atoms with Gasteiger partial charge in [-0.2, -0.15) is 0 Å². The Bertz CT molecular complexity index is 284. The van der Waals surface area contributed by atoms with Crippen LogP contribution in [0.3, 0.4) is 0 Å². The molecule has 0 aliphatic heterocycles. The van der Waals surface area contributed by atoms with Gasteiger partial charge in [-0.15, -0.1) is 0 Å². The highest BCUT2D eigenvalue weighted by molar-refractivity contribution is 4.89. The average Bonchev–Trinajstić information content (AvgIpc) is 2.42. The van der Waals surface area contributed by atoms with Crippen LogP contribution in [0, 0.1) is 11.8 Å². The summed E-state index contributed by atoms with van der Waals surface area (Å²) in [5.74, 6) is 1.24. The Labute approximate surface area is 115 Å². The number of ether oxygens (including phenoxy) is 1. The van der Waals surface area contributed by atoms with Crippen LogP contribution in [0.4, 0.5) is 8.78 Å². The molecule has 19 heavy (non-hydrogen) atoms. The average molecular weight is 272 g/mol.